The number of rotatable bonds is 5. The van der Waals surface area contributed by atoms with Gasteiger partial charge in [-0.3, -0.25) is 4.79 Å². The fourth-order valence-electron chi connectivity index (χ4n) is 1.56. The average Bonchev–Trinajstić information content (AvgIpc) is 2.36. The highest BCUT2D eigenvalue weighted by Crippen LogP contribution is 2.25. The largest absolute Gasteiger partial charge is 0.383 e. The number of nitrogens with zero attached hydrogens (tertiary/aromatic N) is 2. The summed E-state index contributed by atoms with van der Waals surface area (Å²) >= 11 is 1.30. The highest BCUT2D eigenvalue weighted by atomic mass is 32.2. The molecular weight excluding hydrogens is 274 g/mol. The van der Waals surface area contributed by atoms with Gasteiger partial charge >= 0.3 is 0 Å². The fraction of sp³-hybridized carbons (Fsp3) is 0.308. The number of aromatic nitrogens is 3. The SMILES string of the molecule is CC(C)NCc1cccnc1Sc1nc(N)cc(=O)[nH]1. The minimum atomic E-state index is -0.266. The smallest absolute Gasteiger partial charge is 0.253 e. The van der Waals surface area contributed by atoms with E-state index >= 15 is 0 Å². The molecular formula is C13H17N5OS. The van der Waals surface area contributed by atoms with Crippen molar-refractivity contribution in [3.8, 4) is 0 Å². The summed E-state index contributed by atoms with van der Waals surface area (Å²) in [4.78, 5) is 22.4. The van der Waals surface area contributed by atoms with Gasteiger partial charge in [0.15, 0.2) is 5.16 Å². The van der Waals surface area contributed by atoms with Crippen LogP contribution in [0.25, 0.3) is 0 Å². The summed E-state index contributed by atoms with van der Waals surface area (Å²) in [6.07, 6.45) is 1.71. The molecule has 7 heteroatoms. The second-order valence-corrected chi connectivity index (χ2v) is 5.56. The monoisotopic (exact) mass is 291 g/mol. The molecule has 2 heterocycles. The fourth-order valence-corrected chi connectivity index (χ4v) is 2.43. The van der Waals surface area contributed by atoms with E-state index in [0.29, 0.717) is 17.7 Å². The normalized spacial score (nSPS) is 10.9. The first-order valence-corrected chi connectivity index (χ1v) is 7.08. The summed E-state index contributed by atoms with van der Waals surface area (Å²) in [6, 6.07) is 5.52. The van der Waals surface area contributed by atoms with Gasteiger partial charge < -0.3 is 16.0 Å². The van der Waals surface area contributed by atoms with Crippen LogP contribution < -0.4 is 16.6 Å². The standard InChI is InChI=1S/C13H17N5OS/c1-8(2)16-7-9-4-3-5-15-12(9)20-13-17-10(14)6-11(19)18-13/h3-6,8,16H,7H2,1-2H3,(H3,14,17,18,19). The molecule has 4 N–H and O–H groups in total. The zero-order chi connectivity index (χ0) is 14.5. The van der Waals surface area contributed by atoms with Crippen molar-refractivity contribution >= 4 is 17.6 Å². The molecule has 0 aliphatic heterocycles. The van der Waals surface area contributed by atoms with Gasteiger partial charge in [0.25, 0.3) is 5.56 Å². The Bertz CT molecular complexity index is 641. The lowest BCUT2D eigenvalue weighted by Gasteiger charge is -2.11. The van der Waals surface area contributed by atoms with Crippen LogP contribution in [0.4, 0.5) is 5.82 Å². The Hall–Kier alpha value is -1.86. The van der Waals surface area contributed by atoms with E-state index in [1.54, 1.807) is 6.20 Å². The Balaban J connectivity index is 2.22. The van der Waals surface area contributed by atoms with E-state index in [2.05, 4.69) is 34.1 Å². The maximum atomic E-state index is 11.4. The van der Waals surface area contributed by atoms with Crippen LogP contribution in [-0.2, 0) is 6.54 Å². The summed E-state index contributed by atoms with van der Waals surface area (Å²) in [5, 5.41) is 4.58. The summed E-state index contributed by atoms with van der Waals surface area (Å²) < 4.78 is 0. The summed E-state index contributed by atoms with van der Waals surface area (Å²) in [5.41, 5.74) is 6.36. The van der Waals surface area contributed by atoms with E-state index in [4.69, 9.17) is 5.73 Å². The van der Waals surface area contributed by atoms with Crippen molar-refractivity contribution < 1.29 is 0 Å². The number of H-pyrrole nitrogens is 1. The molecule has 2 rings (SSSR count). The van der Waals surface area contributed by atoms with Crippen molar-refractivity contribution in [2.75, 3.05) is 5.73 Å². The molecule has 2 aromatic rings. The van der Waals surface area contributed by atoms with Gasteiger partial charge in [-0.25, -0.2) is 9.97 Å². The molecule has 2 aromatic heterocycles. The molecule has 0 saturated heterocycles. The first-order valence-electron chi connectivity index (χ1n) is 6.26. The molecule has 0 fully saturated rings. The van der Waals surface area contributed by atoms with Crippen molar-refractivity contribution in [1.29, 1.82) is 0 Å². The summed E-state index contributed by atoms with van der Waals surface area (Å²) in [5.74, 6) is 0.203. The number of anilines is 1. The third-order valence-corrected chi connectivity index (χ3v) is 3.43. The van der Waals surface area contributed by atoms with E-state index in [9.17, 15) is 4.79 Å². The molecule has 0 amide bonds. The van der Waals surface area contributed by atoms with Crippen molar-refractivity contribution in [1.82, 2.24) is 20.3 Å². The van der Waals surface area contributed by atoms with Crippen molar-refractivity contribution in [3.63, 3.8) is 0 Å². The first kappa shape index (κ1) is 14.5. The van der Waals surface area contributed by atoms with Crippen molar-refractivity contribution in [3.05, 3.63) is 40.3 Å². The number of nitrogens with two attached hydrogens (primary N) is 1. The van der Waals surface area contributed by atoms with Crippen LogP contribution in [0.2, 0.25) is 0 Å². The van der Waals surface area contributed by atoms with Crippen LogP contribution in [-0.4, -0.2) is 21.0 Å². The summed E-state index contributed by atoms with van der Waals surface area (Å²) in [7, 11) is 0. The second kappa shape index (κ2) is 6.53. The van der Waals surface area contributed by atoms with Crippen LogP contribution in [0.1, 0.15) is 19.4 Å². The highest BCUT2D eigenvalue weighted by Gasteiger charge is 2.08. The van der Waals surface area contributed by atoms with E-state index in [1.165, 1.54) is 17.8 Å². The number of nitrogen functional groups attached to an aromatic ring is 1. The van der Waals surface area contributed by atoms with E-state index in [-0.39, 0.29) is 11.4 Å². The Morgan fingerprint density at radius 1 is 1.50 bits per heavy atom. The predicted octanol–water partition coefficient (Wildman–Crippen LogP) is 1.40. The van der Waals surface area contributed by atoms with Gasteiger partial charge in [0.05, 0.1) is 0 Å². The number of pyridine rings is 1. The molecule has 0 spiro atoms. The molecule has 0 radical (unpaired) electrons. The topological polar surface area (TPSA) is 96.7 Å². The van der Waals surface area contributed by atoms with E-state index in [1.807, 2.05) is 12.1 Å². The third-order valence-electron chi connectivity index (χ3n) is 2.48. The summed E-state index contributed by atoms with van der Waals surface area (Å²) in [6.45, 7) is 4.88. The lowest BCUT2D eigenvalue weighted by Crippen LogP contribution is -2.22. The minimum absolute atomic E-state index is 0.203. The van der Waals surface area contributed by atoms with Crippen molar-refractivity contribution in [2.45, 2.75) is 36.6 Å². The van der Waals surface area contributed by atoms with Gasteiger partial charge in [0.2, 0.25) is 0 Å². The Morgan fingerprint density at radius 2 is 2.30 bits per heavy atom. The molecule has 0 atom stereocenters. The third kappa shape index (κ3) is 4.07. The lowest BCUT2D eigenvalue weighted by molar-refractivity contribution is 0.582. The maximum absolute atomic E-state index is 11.4. The molecule has 6 nitrogen and oxygen atoms in total. The van der Waals surface area contributed by atoms with Gasteiger partial charge in [-0.2, -0.15) is 0 Å². The minimum Gasteiger partial charge on any atom is -0.383 e. The Morgan fingerprint density at radius 3 is 3.00 bits per heavy atom. The van der Waals surface area contributed by atoms with Crippen LogP contribution >= 0.6 is 11.8 Å². The number of aromatic amines is 1. The molecule has 20 heavy (non-hydrogen) atoms. The second-order valence-electron chi connectivity index (χ2n) is 4.58. The van der Waals surface area contributed by atoms with Crippen LogP contribution in [0, 0.1) is 0 Å². The Kier molecular flexibility index (Phi) is 4.75. The van der Waals surface area contributed by atoms with Crippen LogP contribution in [0.15, 0.2) is 39.4 Å². The van der Waals surface area contributed by atoms with Crippen LogP contribution in [0.3, 0.4) is 0 Å². The quantitative estimate of drug-likeness (QED) is 0.720. The Labute approximate surface area is 121 Å². The number of nitrogens with one attached hydrogen (secondary N) is 2. The van der Waals surface area contributed by atoms with Gasteiger partial charge in [-0.05, 0) is 23.4 Å². The molecule has 0 aliphatic rings. The van der Waals surface area contributed by atoms with Gasteiger partial charge in [-0.1, -0.05) is 19.9 Å². The lowest BCUT2D eigenvalue weighted by atomic mass is 10.2. The zero-order valence-corrected chi connectivity index (χ0v) is 12.2. The van der Waals surface area contributed by atoms with Gasteiger partial charge in [0, 0.05) is 24.8 Å². The van der Waals surface area contributed by atoms with E-state index < -0.39 is 0 Å². The molecule has 0 bridgehead atoms. The maximum Gasteiger partial charge on any atom is 0.253 e. The van der Waals surface area contributed by atoms with Crippen LogP contribution in [0.5, 0.6) is 0 Å². The average molecular weight is 291 g/mol. The predicted molar refractivity (Wildman–Crippen MR) is 79.6 cm³/mol. The number of hydrogen-bond donors (Lipinski definition) is 3. The highest BCUT2D eigenvalue weighted by molar-refractivity contribution is 7.99. The molecule has 0 aliphatic carbocycles. The zero-order valence-electron chi connectivity index (χ0n) is 11.4. The van der Waals surface area contributed by atoms with Crippen molar-refractivity contribution in [2.24, 2.45) is 0 Å². The molecule has 106 valence electrons. The van der Waals surface area contributed by atoms with E-state index in [0.717, 1.165) is 10.6 Å². The first-order chi connectivity index (χ1) is 9.54. The molecule has 0 unspecified atom stereocenters. The number of hydrogen-bond acceptors (Lipinski definition) is 6. The molecule has 0 saturated carbocycles. The molecule has 0 aromatic carbocycles. The van der Waals surface area contributed by atoms with Gasteiger partial charge in [-0.15, -0.1) is 0 Å². The van der Waals surface area contributed by atoms with Gasteiger partial charge in [0.1, 0.15) is 10.8 Å².